The van der Waals surface area contributed by atoms with Crippen LogP contribution in [0.4, 0.5) is 5.69 Å². The number of hydrogen-bond acceptors (Lipinski definition) is 3. The third-order valence-corrected chi connectivity index (χ3v) is 4.43. The normalized spacial score (nSPS) is 12.1. The Balaban J connectivity index is 1.61. The Morgan fingerprint density at radius 2 is 1.74 bits per heavy atom. The number of hydrogen-bond donors (Lipinski definition) is 2. The highest BCUT2D eigenvalue weighted by Gasteiger charge is 2.13. The topological polar surface area (TPSA) is 42.5 Å². The van der Waals surface area contributed by atoms with Crippen LogP contribution in [0.15, 0.2) is 30.3 Å². The molecule has 0 bridgehead atoms. The first kappa shape index (κ1) is 16.5. The quantitative estimate of drug-likeness (QED) is 0.579. The molecular formula is C15H11Cl3N2O2S. The molecule has 2 N–H and O–H groups in total. The third-order valence-electron chi connectivity index (χ3n) is 3.15. The minimum atomic E-state index is 0.252. The van der Waals surface area contributed by atoms with Crippen molar-refractivity contribution in [1.29, 1.82) is 0 Å². The van der Waals surface area contributed by atoms with Crippen molar-refractivity contribution in [2.45, 2.75) is 6.54 Å². The standard InChI is InChI=1S/C15H11Cl3N2O2S/c16-9-4-11(18)12(5-10(9)17)20-15(23)19-6-8-1-2-13-14(3-8)22-7-21-13/h1-5H,6-7H2,(H2,19,20,23). The molecule has 2 aromatic carbocycles. The number of benzene rings is 2. The molecule has 0 unspecified atom stereocenters. The molecule has 4 nitrogen and oxygen atoms in total. The van der Waals surface area contributed by atoms with E-state index < -0.39 is 0 Å². The number of halogens is 3. The summed E-state index contributed by atoms with van der Waals surface area (Å²) >= 11 is 23.2. The molecule has 0 saturated carbocycles. The summed E-state index contributed by atoms with van der Waals surface area (Å²) in [5.74, 6) is 1.48. The molecule has 2 aromatic rings. The second kappa shape index (κ2) is 7.01. The zero-order valence-corrected chi connectivity index (χ0v) is 14.7. The van der Waals surface area contributed by atoms with E-state index in [1.54, 1.807) is 12.1 Å². The van der Waals surface area contributed by atoms with Crippen LogP contribution in [0.5, 0.6) is 11.5 Å². The molecule has 0 amide bonds. The molecule has 0 saturated heterocycles. The number of rotatable bonds is 3. The maximum absolute atomic E-state index is 6.10. The van der Waals surface area contributed by atoms with Gasteiger partial charge in [-0.15, -0.1) is 0 Å². The predicted octanol–water partition coefficient (Wildman–Crippen LogP) is 4.86. The first-order chi connectivity index (χ1) is 11.0. The molecule has 0 aliphatic carbocycles. The molecule has 0 atom stereocenters. The van der Waals surface area contributed by atoms with Crippen molar-refractivity contribution in [2.75, 3.05) is 12.1 Å². The summed E-state index contributed by atoms with van der Waals surface area (Å²) in [6.07, 6.45) is 0. The Labute approximate surface area is 153 Å². The van der Waals surface area contributed by atoms with Crippen molar-refractivity contribution in [2.24, 2.45) is 0 Å². The van der Waals surface area contributed by atoms with Crippen LogP contribution in [0.2, 0.25) is 15.1 Å². The van der Waals surface area contributed by atoms with Crippen LogP contribution in [0.1, 0.15) is 5.56 Å². The van der Waals surface area contributed by atoms with Crippen molar-refractivity contribution in [3.8, 4) is 11.5 Å². The van der Waals surface area contributed by atoms with Crippen LogP contribution in [-0.4, -0.2) is 11.9 Å². The highest BCUT2D eigenvalue weighted by molar-refractivity contribution is 7.80. The smallest absolute Gasteiger partial charge is 0.231 e. The zero-order chi connectivity index (χ0) is 16.4. The van der Waals surface area contributed by atoms with Crippen molar-refractivity contribution >= 4 is 57.8 Å². The van der Waals surface area contributed by atoms with Gasteiger partial charge in [0.2, 0.25) is 6.79 Å². The molecule has 0 radical (unpaired) electrons. The Morgan fingerprint density at radius 1 is 1.00 bits per heavy atom. The Bertz CT molecular complexity index is 771. The molecule has 23 heavy (non-hydrogen) atoms. The first-order valence-corrected chi connectivity index (χ1v) is 8.15. The van der Waals surface area contributed by atoms with Crippen LogP contribution in [0.3, 0.4) is 0 Å². The fourth-order valence-electron chi connectivity index (χ4n) is 2.02. The van der Waals surface area contributed by atoms with E-state index in [0.717, 1.165) is 17.1 Å². The molecule has 1 aliphatic rings. The lowest BCUT2D eigenvalue weighted by molar-refractivity contribution is 0.174. The average Bonchev–Trinajstić information content (AvgIpc) is 2.98. The van der Waals surface area contributed by atoms with E-state index in [1.165, 1.54) is 0 Å². The molecule has 1 aliphatic heterocycles. The Kier molecular flexibility index (Phi) is 5.02. The molecule has 3 rings (SSSR count). The average molecular weight is 390 g/mol. The maximum atomic E-state index is 6.10. The van der Waals surface area contributed by atoms with Gasteiger partial charge in [-0.1, -0.05) is 40.9 Å². The summed E-state index contributed by atoms with van der Waals surface area (Å²) in [7, 11) is 0. The molecule has 0 fully saturated rings. The van der Waals surface area contributed by atoms with Gasteiger partial charge in [0, 0.05) is 6.54 Å². The van der Waals surface area contributed by atoms with E-state index in [1.807, 2.05) is 18.2 Å². The van der Waals surface area contributed by atoms with Crippen molar-refractivity contribution < 1.29 is 9.47 Å². The highest BCUT2D eigenvalue weighted by Crippen LogP contribution is 2.33. The van der Waals surface area contributed by atoms with Gasteiger partial charge in [0.05, 0.1) is 20.8 Å². The molecule has 8 heteroatoms. The van der Waals surface area contributed by atoms with Gasteiger partial charge in [0.1, 0.15) is 0 Å². The van der Waals surface area contributed by atoms with E-state index in [0.29, 0.717) is 32.4 Å². The molecule has 1 heterocycles. The van der Waals surface area contributed by atoms with Gasteiger partial charge in [-0.05, 0) is 42.0 Å². The van der Waals surface area contributed by atoms with Gasteiger partial charge in [0.25, 0.3) is 0 Å². The third kappa shape index (κ3) is 3.93. The molecule has 0 aromatic heterocycles. The number of fused-ring (bicyclic) bond motifs is 1. The van der Waals surface area contributed by atoms with Gasteiger partial charge in [-0.3, -0.25) is 0 Å². The van der Waals surface area contributed by atoms with Gasteiger partial charge in [-0.25, -0.2) is 0 Å². The second-order valence-corrected chi connectivity index (χ2v) is 6.37. The monoisotopic (exact) mass is 388 g/mol. The van der Waals surface area contributed by atoms with Crippen LogP contribution in [0, 0.1) is 0 Å². The lowest BCUT2D eigenvalue weighted by atomic mass is 10.2. The summed E-state index contributed by atoms with van der Waals surface area (Å²) in [4.78, 5) is 0. The van der Waals surface area contributed by atoms with Gasteiger partial charge in [-0.2, -0.15) is 0 Å². The van der Waals surface area contributed by atoms with E-state index in [2.05, 4.69) is 10.6 Å². The molecule has 0 spiro atoms. The summed E-state index contributed by atoms with van der Waals surface area (Å²) < 4.78 is 10.6. The van der Waals surface area contributed by atoms with Crippen molar-refractivity contribution in [3.63, 3.8) is 0 Å². The lowest BCUT2D eigenvalue weighted by Crippen LogP contribution is -2.28. The minimum absolute atomic E-state index is 0.252. The van der Waals surface area contributed by atoms with Crippen molar-refractivity contribution in [1.82, 2.24) is 5.32 Å². The van der Waals surface area contributed by atoms with Gasteiger partial charge < -0.3 is 20.1 Å². The number of anilines is 1. The Morgan fingerprint density at radius 3 is 2.57 bits per heavy atom. The number of thiocarbonyl (C=S) groups is 1. The largest absolute Gasteiger partial charge is 0.454 e. The van der Waals surface area contributed by atoms with Crippen LogP contribution >= 0.6 is 47.0 Å². The second-order valence-electron chi connectivity index (χ2n) is 4.74. The highest BCUT2D eigenvalue weighted by atomic mass is 35.5. The molecule has 120 valence electrons. The summed E-state index contributed by atoms with van der Waals surface area (Å²) in [5.41, 5.74) is 1.60. The van der Waals surface area contributed by atoms with Crippen LogP contribution < -0.4 is 20.1 Å². The SMILES string of the molecule is S=C(NCc1ccc2c(c1)OCO2)Nc1cc(Cl)c(Cl)cc1Cl. The predicted molar refractivity (Wildman–Crippen MR) is 97.1 cm³/mol. The van der Waals surface area contributed by atoms with E-state index in [-0.39, 0.29) is 6.79 Å². The summed E-state index contributed by atoms with van der Waals surface area (Å²) in [5, 5.41) is 7.73. The minimum Gasteiger partial charge on any atom is -0.454 e. The van der Waals surface area contributed by atoms with Gasteiger partial charge in [0.15, 0.2) is 16.6 Å². The van der Waals surface area contributed by atoms with E-state index >= 15 is 0 Å². The summed E-state index contributed by atoms with van der Waals surface area (Å²) in [6.45, 7) is 0.781. The number of ether oxygens (including phenoxy) is 2. The van der Waals surface area contributed by atoms with Gasteiger partial charge >= 0.3 is 0 Å². The fraction of sp³-hybridized carbons (Fsp3) is 0.133. The lowest BCUT2D eigenvalue weighted by Gasteiger charge is -2.13. The summed E-state index contributed by atoms with van der Waals surface area (Å²) in [6, 6.07) is 8.90. The van der Waals surface area contributed by atoms with E-state index in [4.69, 9.17) is 56.5 Å². The van der Waals surface area contributed by atoms with Crippen LogP contribution in [-0.2, 0) is 6.54 Å². The number of nitrogens with one attached hydrogen (secondary N) is 2. The Hall–Kier alpha value is -1.40. The maximum Gasteiger partial charge on any atom is 0.231 e. The fourth-order valence-corrected chi connectivity index (χ4v) is 2.79. The van der Waals surface area contributed by atoms with Crippen LogP contribution in [0.25, 0.3) is 0 Å². The zero-order valence-electron chi connectivity index (χ0n) is 11.7. The van der Waals surface area contributed by atoms with E-state index in [9.17, 15) is 0 Å². The molecular weight excluding hydrogens is 379 g/mol. The van der Waals surface area contributed by atoms with Crippen molar-refractivity contribution in [3.05, 3.63) is 51.0 Å². The first-order valence-electron chi connectivity index (χ1n) is 6.61.